The van der Waals surface area contributed by atoms with Crippen molar-refractivity contribution in [1.29, 1.82) is 0 Å². The second-order valence-corrected chi connectivity index (χ2v) is 7.08. The van der Waals surface area contributed by atoms with Crippen molar-refractivity contribution in [2.75, 3.05) is 19.3 Å². The second kappa shape index (κ2) is 9.08. The van der Waals surface area contributed by atoms with Gasteiger partial charge < -0.3 is 15.2 Å². The number of aromatic nitrogens is 1. The van der Waals surface area contributed by atoms with Gasteiger partial charge in [0.05, 0.1) is 12.2 Å². The summed E-state index contributed by atoms with van der Waals surface area (Å²) in [6, 6.07) is 2.06. The minimum absolute atomic E-state index is 0.495. The highest BCUT2D eigenvalue weighted by Gasteiger charge is 2.16. The highest BCUT2D eigenvalue weighted by Crippen LogP contribution is 2.25. The van der Waals surface area contributed by atoms with Crippen LogP contribution in [0.4, 0.5) is 0 Å². The summed E-state index contributed by atoms with van der Waals surface area (Å²) in [7, 11) is 1.80. The monoisotopic (exact) mass is 324 g/mol. The third kappa shape index (κ3) is 4.93. The molecule has 0 amide bonds. The summed E-state index contributed by atoms with van der Waals surface area (Å²) in [6.07, 6.45) is 4.83. The van der Waals surface area contributed by atoms with Crippen molar-refractivity contribution < 1.29 is 4.52 Å². The maximum atomic E-state index is 5.42. The van der Waals surface area contributed by atoms with Gasteiger partial charge in [-0.2, -0.15) is 11.8 Å². The number of aliphatic imine (C=N–C) groups is 1. The van der Waals surface area contributed by atoms with E-state index in [2.05, 4.69) is 40.7 Å². The Labute approximate surface area is 137 Å². The van der Waals surface area contributed by atoms with E-state index in [0.717, 1.165) is 36.8 Å². The van der Waals surface area contributed by atoms with Crippen molar-refractivity contribution in [3.63, 3.8) is 0 Å². The molecule has 1 aromatic rings. The van der Waals surface area contributed by atoms with E-state index in [1.54, 1.807) is 7.05 Å². The molecule has 2 heterocycles. The van der Waals surface area contributed by atoms with Crippen LogP contribution in [-0.4, -0.2) is 35.7 Å². The fourth-order valence-corrected chi connectivity index (χ4v) is 3.92. The first kappa shape index (κ1) is 17.2. The number of hydrogen-bond donors (Lipinski definition) is 2. The molecule has 0 bridgehead atoms. The van der Waals surface area contributed by atoms with Crippen molar-refractivity contribution in [2.24, 2.45) is 4.99 Å². The Bertz CT molecular complexity index is 464. The first-order chi connectivity index (χ1) is 10.8. The molecule has 2 N–H and O–H groups in total. The summed E-state index contributed by atoms with van der Waals surface area (Å²) in [4.78, 5) is 4.26. The Morgan fingerprint density at radius 2 is 2.27 bits per heavy atom. The van der Waals surface area contributed by atoms with Crippen molar-refractivity contribution >= 4 is 17.7 Å². The zero-order valence-electron chi connectivity index (χ0n) is 13.9. The van der Waals surface area contributed by atoms with Crippen LogP contribution in [0, 0.1) is 0 Å². The molecule has 2 rings (SSSR count). The Morgan fingerprint density at radius 3 is 2.91 bits per heavy atom. The number of rotatable bonds is 7. The van der Waals surface area contributed by atoms with Gasteiger partial charge in [0, 0.05) is 30.8 Å². The van der Waals surface area contributed by atoms with Crippen LogP contribution in [0.5, 0.6) is 0 Å². The third-order valence-corrected chi connectivity index (χ3v) is 5.55. The van der Waals surface area contributed by atoms with Crippen molar-refractivity contribution in [1.82, 2.24) is 15.8 Å². The molecule has 1 fully saturated rings. The zero-order valence-corrected chi connectivity index (χ0v) is 14.7. The number of hydrogen-bond acceptors (Lipinski definition) is 4. The molecule has 1 aliphatic heterocycles. The molecule has 1 aliphatic rings. The van der Waals surface area contributed by atoms with Gasteiger partial charge in [-0.15, -0.1) is 0 Å². The summed E-state index contributed by atoms with van der Waals surface area (Å²) >= 11 is 2.05. The third-order valence-electron chi connectivity index (χ3n) is 4.16. The predicted octanol–water partition coefficient (Wildman–Crippen LogP) is 3.14. The summed E-state index contributed by atoms with van der Waals surface area (Å²) < 4.78 is 5.42. The van der Waals surface area contributed by atoms with E-state index in [1.165, 1.54) is 18.6 Å². The molecule has 1 aromatic heterocycles. The summed E-state index contributed by atoms with van der Waals surface area (Å²) in [5, 5.41) is 11.6. The van der Waals surface area contributed by atoms with Crippen LogP contribution in [0.2, 0.25) is 0 Å². The average molecular weight is 324 g/mol. The lowest BCUT2D eigenvalue weighted by atomic mass is 9.99. The SMILES string of the molecule is CCC(CC)c1cc(CNC(=NC)NCC2CCCS2)on1. The number of nitrogens with zero attached hydrogens (tertiary/aromatic N) is 2. The van der Waals surface area contributed by atoms with E-state index in [9.17, 15) is 0 Å². The smallest absolute Gasteiger partial charge is 0.191 e. The summed E-state index contributed by atoms with van der Waals surface area (Å²) in [5.41, 5.74) is 1.06. The molecule has 1 unspecified atom stereocenters. The average Bonchev–Trinajstić information content (AvgIpc) is 3.20. The van der Waals surface area contributed by atoms with Crippen molar-refractivity contribution in [2.45, 2.75) is 57.2 Å². The van der Waals surface area contributed by atoms with E-state index in [4.69, 9.17) is 4.52 Å². The number of thioether (sulfide) groups is 1. The first-order valence-electron chi connectivity index (χ1n) is 8.28. The van der Waals surface area contributed by atoms with E-state index < -0.39 is 0 Å². The van der Waals surface area contributed by atoms with Gasteiger partial charge in [-0.25, -0.2) is 0 Å². The fraction of sp³-hybridized carbons (Fsp3) is 0.750. The predicted molar refractivity (Wildman–Crippen MR) is 93.5 cm³/mol. The highest BCUT2D eigenvalue weighted by molar-refractivity contribution is 8.00. The molecule has 6 heteroatoms. The van der Waals surface area contributed by atoms with Crippen LogP contribution in [0.3, 0.4) is 0 Å². The fourth-order valence-electron chi connectivity index (χ4n) is 2.72. The summed E-state index contributed by atoms with van der Waals surface area (Å²) in [5.74, 6) is 3.47. The molecule has 0 aromatic carbocycles. The molecule has 0 aliphatic carbocycles. The molecular formula is C16H28N4OS. The van der Waals surface area contributed by atoms with Crippen LogP contribution in [-0.2, 0) is 6.54 Å². The maximum Gasteiger partial charge on any atom is 0.191 e. The Kier molecular flexibility index (Phi) is 7.09. The Morgan fingerprint density at radius 1 is 1.45 bits per heavy atom. The van der Waals surface area contributed by atoms with Gasteiger partial charge in [-0.05, 0) is 31.4 Å². The van der Waals surface area contributed by atoms with Gasteiger partial charge in [0.25, 0.3) is 0 Å². The van der Waals surface area contributed by atoms with E-state index in [-0.39, 0.29) is 0 Å². The molecule has 5 nitrogen and oxygen atoms in total. The standard InChI is InChI=1S/C16H28N4OS/c1-4-12(5-2)15-9-13(21-20-15)10-18-16(17-3)19-11-14-7-6-8-22-14/h9,12,14H,4-8,10-11H2,1-3H3,(H2,17,18,19). The lowest BCUT2D eigenvalue weighted by molar-refractivity contribution is 0.368. The lowest BCUT2D eigenvalue weighted by Gasteiger charge is -2.13. The molecule has 0 radical (unpaired) electrons. The normalized spacial score (nSPS) is 18.9. The maximum absolute atomic E-state index is 5.42. The Hall–Kier alpha value is -1.17. The minimum atomic E-state index is 0.495. The highest BCUT2D eigenvalue weighted by atomic mass is 32.2. The van der Waals surface area contributed by atoms with Gasteiger partial charge in [-0.1, -0.05) is 19.0 Å². The van der Waals surface area contributed by atoms with Gasteiger partial charge in [-0.3, -0.25) is 4.99 Å². The van der Waals surface area contributed by atoms with E-state index in [1.807, 2.05) is 11.8 Å². The molecular weight excluding hydrogens is 296 g/mol. The first-order valence-corrected chi connectivity index (χ1v) is 9.33. The molecule has 1 saturated heterocycles. The van der Waals surface area contributed by atoms with Crippen LogP contribution >= 0.6 is 11.8 Å². The Balaban J connectivity index is 1.77. The quantitative estimate of drug-likeness (QED) is 0.596. The number of guanidine groups is 1. The van der Waals surface area contributed by atoms with Crippen LogP contribution < -0.4 is 10.6 Å². The van der Waals surface area contributed by atoms with Gasteiger partial charge in [0.1, 0.15) is 0 Å². The topological polar surface area (TPSA) is 62.5 Å². The van der Waals surface area contributed by atoms with Crippen molar-refractivity contribution in [3.05, 3.63) is 17.5 Å². The van der Waals surface area contributed by atoms with Gasteiger partial charge >= 0.3 is 0 Å². The largest absolute Gasteiger partial charge is 0.359 e. The summed E-state index contributed by atoms with van der Waals surface area (Å²) in [6.45, 7) is 5.96. The molecule has 22 heavy (non-hydrogen) atoms. The molecule has 0 spiro atoms. The molecule has 124 valence electrons. The van der Waals surface area contributed by atoms with E-state index in [0.29, 0.717) is 17.7 Å². The number of nitrogens with one attached hydrogen (secondary N) is 2. The molecule has 1 atom stereocenters. The van der Waals surface area contributed by atoms with Crippen LogP contribution in [0.25, 0.3) is 0 Å². The second-order valence-electron chi connectivity index (χ2n) is 5.67. The lowest BCUT2D eigenvalue weighted by Crippen LogP contribution is -2.39. The van der Waals surface area contributed by atoms with E-state index >= 15 is 0 Å². The minimum Gasteiger partial charge on any atom is -0.359 e. The van der Waals surface area contributed by atoms with Crippen molar-refractivity contribution in [3.8, 4) is 0 Å². The van der Waals surface area contributed by atoms with Gasteiger partial charge in [0.15, 0.2) is 11.7 Å². The molecule has 0 saturated carbocycles. The van der Waals surface area contributed by atoms with Crippen LogP contribution in [0.15, 0.2) is 15.6 Å². The van der Waals surface area contributed by atoms with Crippen LogP contribution in [0.1, 0.15) is 56.9 Å². The van der Waals surface area contributed by atoms with Gasteiger partial charge in [0.2, 0.25) is 0 Å². The zero-order chi connectivity index (χ0) is 15.8.